The molecule has 3 nitrogen and oxygen atoms in total. The molecule has 1 aliphatic carbocycles. The van der Waals surface area contributed by atoms with Gasteiger partial charge in [-0.25, -0.2) is 4.39 Å². The Bertz CT molecular complexity index is 676. The molecule has 1 aromatic carbocycles. The molecule has 1 aromatic heterocycles. The predicted octanol–water partition coefficient (Wildman–Crippen LogP) is 3.58. The summed E-state index contributed by atoms with van der Waals surface area (Å²) in [6.45, 7) is 0. The molecule has 2 aromatic rings. The number of fused-ring (bicyclic) bond motifs is 1. The van der Waals surface area contributed by atoms with Crippen molar-refractivity contribution in [3.8, 4) is 6.07 Å². The second-order valence-corrected chi connectivity index (χ2v) is 4.94. The fourth-order valence-corrected chi connectivity index (χ4v) is 2.65. The Kier molecular flexibility index (Phi) is 3.34. The maximum atomic E-state index is 13.3. The van der Waals surface area contributed by atoms with Gasteiger partial charge in [0.1, 0.15) is 11.9 Å². The first-order chi connectivity index (χ1) is 9.78. The van der Waals surface area contributed by atoms with Crippen molar-refractivity contribution in [2.45, 2.75) is 25.3 Å². The molecule has 1 aliphatic rings. The summed E-state index contributed by atoms with van der Waals surface area (Å²) >= 11 is 0. The Labute approximate surface area is 117 Å². The zero-order valence-corrected chi connectivity index (χ0v) is 10.9. The van der Waals surface area contributed by atoms with Crippen LogP contribution in [-0.2, 0) is 6.42 Å². The SMILES string of the molecule is N#Cc1cc(NC2CCCc3cccnc32)ccc1F. The van der Waals surface area contributed by atoms with Gasteiger partial charge in [-0.15, -0.1) is 0 Å². The smallest absolute Gasteiger partial charge is 0.141 e. The number of nitrogens with zero attached hydrogens (tertiary/aromatic N) is 2. The van der Waals surface area contributed by atoms with Crippen LogP contribution in [0.15, 0.2) is 36.5 Å². The monoisotopic (exact) mass is 267 g/mol. The van der Waals surface area contributed by atoms with Gasteiger partial charge in [0.2, 0.25) is 0 Å². The summed E-state index contributed by atoms with van der Waals surface area (Å²) < 4.78 is 13.3. The first-order valence-electron chi connectivity index (χ1n) is 6.68. The number of hydrogen-bond acceptors (Lipinski definition) is 3. The Morgan fingerprint density at radius 2 is 2.25 bits per heavy atom. The summed E-state index contributed by atoms with van der Waals surface area (Å²) in [5.41, 5.74) is 3.14. The van der Waals surface area contributed by atoms with Gasteiger partial charge in [0, 0.05) is 11.9 Å². The Morgan fingerprint density at radius 1 is 1.35 bits per heavy atom. The lowest BCUT2D eigenvalue weighted by atomic mass is 9.91. The number of anilines is 1. The van der Waals surface area contributed by atoms with Crippen LogP contribution in [0.25, 0.3) is 0 Å². The number of nitriles is 1. The maximum absolute atomic E-state index is 13.3. The largest absolute Gasteiger partial charge is 0.377 e. The van der Waals surface area contributed by atoms with E-state index < -0.39 is 5.82 Å². The molecule has 0 amide bonds. The molecule has 0 spiro atoms. The number of pyridine rings is 1. The minimum Gasteiger partial charge on any atom is -0.377 e. The Morgan fingerprint density at radius 3 is 3.10 bits per heavy atom. The minimum absolute atomic E-state index is 0.0621. The molecular weight excluding hydrogens is 253 g/mol. The van der Waals surface area contributed by atoms with Crippen LogP contribution in [0.2, 0.25) is 0 Å². The van der Waals surface area contributed by atoms with Gasteiger partial charge in [0.25, 0.3) is 0 Å². The second kappa shape index (κ2) is 5.30. The van der Waals surface area contributed by atoms with Crippen molar-refractivity contribution >= 4 is 5.69 Å². The van der Waals surface area contributed by atoms with E-state index in [4.69, 9.17) is 5.26 Å². The number of aryl methyl sites for hydroxylation is 1. The molecule has 0 fully saturated rings. The molecule has 0 saturated heterocycles. The van der Waals surface area contributed by atoms with Gasteiger partial charge in [-0.05, 0) is 49.1 Å². The highest BCUT2D eigenvalue weighted by molar-refractivity contribution is 5.51. The van der Waals surface area contributed by atoms with E-state index in [1.54, 1.807) is 18.3 Å². The van der Waals surface area contributed by atoms with E-state index in [2.05, 4.69) is 16.4 Å². The lowest BCUT2D eigenvalue weighted by Crippen LogP contribution is -2.18. The highest BCUT2D eigenvalue weighted by atomic mass is 19.1. The summed E-state index contributed by atoms with van der Waals surface area (Å²) in [5.74, 6) is -0.486. The van der Waals surface area contributed by atoms with Crippen molar-refractivity contribution in [2.24, 2.45) is 0 Å². The number of rotatable bonds is 2. The van der Waals surface area contributed by atoms with E-state index in [-0.39, 0.29) is 11.6 Å². The summed E-state index contributed by atoms with van der Waals surface area (Å²) in [5, 5.41) is 12.2. The third kappa shape index (κ3) is 2.35. The zero-order chi connectivity index (χ0) is 13.9. The highest BCUT2D eigenvalue weighted by Crippen LogP contribution is 2.31. The molecule has 3 rings (SSSR count). The molecule has 0 saturated carbocycles. The number of aromatic nitrogens is 1. The zero-order valence-electron chi connectivity index (χ0n) is 10.9. The van der Waals surface area contributed by atoms with Crippen molar-refractivity contribution < 1.29 is 4.39 Å². The van der Waals surface area contributed by atoms with E-state index in [0.717, 1.165) is 30.6 Å². The van der Waals surface area contributed by atoms with E-state index in [0.29, 0.717) is 0 Å². The quantitative estimate of drug-likeness (QED) is 0.904. The Balaban J connectivity index is 1.88. The van der Waals surface area contributed by atoms with Crippen LogP contribution >= 0.6 is 0 Å². The molecular formula is C16H14FN3. The minimum atomic E-state index is -0.486. The Hall–Kier alpha value is -2.41. The number of halogens is 1. The number of benzene rings is 1. The molecule has 1 atom stereocenters. The molecule has 100 valence electrons. The normalized spacial score (nSPS) is 17.1. The summed E-state index contributed by atoms with van der Waals surface area (Å²) in [6.07, 6.45) is 4.93. The molecule has 0 bridgehead atoms. The van der Waals surface area contributed by atoms with Crippen molar-refractivity contribution in [1.29, 1.82) is 5.26 Å². The van der Waals surface area contributed by atoms with Gasteiger partial charge in [0.05, 0.1) is 17.3 Å². The third-order valence-corrected chi connectivity index (χ3v) is 3.62. The summed E-state index contributed by atoms with van der Waals surface area (Å²) in [4.78, 5) is 4.46. The topological polar surface area (TPSA) is 48.7 Å². The van der Waals surface area contributed by atoms with Crippen LogP contribution in [0.5, 0.6) is 0 Å². The predicted molar refractivity (Wildman–Crippen MR) is 74.7 cm³/mol. The van der Waals surface area contributed by atoms with Gasteiger partial charge < -0.3 is 5.32 Å². The van der Waals surface area contributed by atoms with Crippen molar-refractivity contribution in [3.63, 3.8) is 0 Å². The standard InChI is InChI=1S/C16H14FN3/c17-14-7-6-13(9-12(14)10-18)20-15-5-1-3-11-4-2-8-19-16(11)15/h2,4,6-9,15,20H,1,3,5H2. The van der Waals surface area contributed by atoms with E-state index in [1.807, 2.05) is 12.1 Å². The van der Waals surface area contributed by atoms with Crippen molar-refractivity contribution in [2.75, 3.05) is 5.32 Å². The lowest BCUT2D eigenvalue weighted by Gasteiger charge is -2.26. The molecule has 0 radical (unpaired) electrons. The maximum Gasteiger partial charge on any atom is 0.141 e. The average molecular weight is 267 g/mol. The van der Waals surface area contributed by atoms with Crippen molar-refractivity contribution in [1.82, 2.24) is 4.98 Å². The van der Waals surface area contributed by atoms with E-state index >= 15 is 0 Å². The average Bonchev–Trinajstić information content (AvgIpc) is 2.49. The summed E-state index contributed by atoms with van der Waals surface area (Å²) in [6, 6.07) is 10.6. The van der Waals surface area contributed by atoms with Crippen LogP contribution in [0, 0.1) is 17.1 Å². The highest BCUT2D eigenvalue weighted by Gasteiger charge is 2.21. The van der Waals surface area contributed by atoms with E-state index in [1.165, 1.54) is 11.6 Å². The molecule has 0 aliphatic heterocycles. The second-order valence-electron chi connectivity index (χ2n) is 4.94. The van der Waals surface area contributed by atoms with Crippen LogP contribution in [-0.4, -0.2) is 4.98 Å². The third-order valence-electron chi connectivity index (χ3n) is 3.62. The first kappa shape index (κ1) is 12.6. The van der Waals surface area contributed by atoms with Crippen LogP contribution in [0.4, 0.5) is 10.1 Å². The molecule has 1 unspecified atom stereocenters. The number of nitrogens with one attached hydrogen (secondary N) is 1. The van der Waals surface area contributed by atoms with E-state index in [9.17, 15) is 4.39 Å². The first-order valence-corrected chi connectivity index (χ1v) is 6.68. The van der Waals surface area contributed by atoms with Crippen LogP contribution in [0.1, 0.15) is 35.7 Å². The number of hydrogen-bond donors (Lipinski definition) is 1. The van der Waals surface area contributed by atoms with Gasteiger partial charge in [0.15, 0.2) is 0 Å². The summed E-state index contributed by atoms with van der Waals surface area (Å²) in [7, 11) is 0. The van der Waals surface area contributed by atoms with Crippen molar-refractivity contribution in [3.05, 3.63) is 59.2 Å². The molecule has 1 heterocycles. The molecule has 1 N–H and O–H groups in total. The van der Waals surface area contributed by atoms with Gasteiger partial charge in [-0.2, -0.15) is 5.26 Å². The lowest BCUT2D eigenvalue weighted by molar-refractivity contribution is 0.583. The molecule has 20 heavy (non-hydrogen) atoms. The van der Waals surface area contributed by atoms with Gasteiger partial charge in [-0.3, -0.25) is 4.98 Å². The van der Waals surface area contributed by atoms with Gasteiger partial charge in [-0.1, -0.05) is 6.07 Å². The molecule has 4 heteroatoms. The fraction of sp³-hybridized carbons (Fsp3) is 0.250. The van der Waals surface area contributed by atoms with Gasteiger partial charge >= 0.3 is 0 Å². The fourth-order valence-electron chi connectivity index (χ4n) is 2.65. The van der Waals surface area contributed by atoms with Crippen LogP contribution in [0.3, 0.4) is 0 Å². The van der Waals surface area contributed by atoms with Crippen LogP contribution < -0.4 is 5.32 Å².